The quantitative estimate of drug-likeness (QED) is 0.850. The summed E-state index contributed by atoms with van der Waals surface area (Å²) in [6, 6.07) is 4.46. The summed E-state index contributed by atoms with van der Waals surface area (Å²) in [5.41, 5.74) is -0.449. The highest BCUT2D eigenvalue weighted by molar-refractivity contribution is 5.69. The van der Waals surface area contributed by atoms with Gasteiger partial charge in [-0.15, -0.1) is 0 Å². The molecule has 1 N–H and O–H groups in total. The molecule has 1 aromatic carbocycles. The summed E-state index contributed by atoms with van der Waals surface area (Å²) in [5, 5.41) is 2.64. The second kappa shape index (κ2) is 4.43. The number of amides is 1. The lowest BCUT2D eigenvalue weighted by Gasteiger charge is -2.38. The zero-order valence-corrected chi connectivity index (χ0v) is 10.5. The van der Waals surface area contributed by atoms with Crippen molar-refractivity contribution >= 4 is 6.09 Å². The molecule has 1 atom stereocenters. The maximum atomic E-state index is 12.5. The van der Waals surface area contributed by atoms with Crippen LogP contribution in [0.5, 0.6) is 0 Å². The van der Waals surface area contributed by atoms with Crippen LogP contribution in [0.3, 0.4) is 0 Å². The van der Waals surface area contributed by atoms with Crippen LogP contribution in [-0.2, 0) is 10.9 Å². The largest absolute Gasteiger partial charge is 0.449 e. The van der Waals surface area contributed by atoms with Crippen molar-refractivity contribution in [2.24, 2.45) is 5.41 Å². The molecule has 0 aliphatic carbocycles. The molecular formula is C13H14F3NO2. The highest BCUT2D eigenvalue weighted by atomic mass is 19.4. The van der Waals surface area contributed by atoms with Crippen LogP contribution in [-0.4, -0.2) is 12.7 Å². The van der Waals surface area contributed by atoms with Crippen molar-refractivity contribution in [2.75, 3.05) is 6.61 Å². The molecule has 0 aromatic heterocycles. The third kappa shape index (κ3) is 2.83. The molecule has 1 fully saturated rings. The van der Waals surface area contributed by atoms with E-state index >= 15 is 0 Å². The fourth-order valence-electron chi connectivity index (χ4n) is 2.09. The number of nitrogens with one attached hydrogen (secondary N) is 1. The Labute approximate surface area is 108 Å². The van der Waals surface area contributed by atoms with Gasteiger partial charge >= 0.3 is 12.3 Å². The summed E-state index contributed by atoms with van der Waals surface area (Å²) in [6.07, 6.45) is -4.91. The lowest BCUT2D eigenvalue weighted by atomic mass is 9.80. The van der Waals surface area contributed by atoms with Crippen LogP contribution in [0.1, 0.15) is 31.0 Å². The van der Waals surface area contributed by atoms with E-state index in [1.54, 1.807) is 0 Å². The third-order valence-corrected chi connectivity index (χ3v) is 3.19. The number of hydrogen-bond donors (Lipinski definition) is 1. The number of carbonyl (C=O) groups is 1. The van der Waals surface area contributed by atoms with Crippen LogP contribution in [0.2, 0.25) is 0 Å². The minimum atomic E-state index is -4.35. The van der Waals surface area contributed by atoms with Crippen molar-refractivity contribution in [2.45, 2.75) is 26.1 Å². The molecule has 1 aliphatic heterocycles. The van der Waals surface area contributed by atoms with Gasteiger partial charge in [-0.2, -0.15) is 13.2 Å². The molecule has 6 heteroatoms. The fourth-order valence-corrected chi connectivity index (χ4v) is 2.09. The van der Waals surface area contributed by atoms with Gasteiger partial charge in [0.25, 0.3) is 0 Å². The number of carbonyl (C=O) groups excluding carboxylic acids is 1. The minimum absolute atomic E-state index is 0.227. The summed E-state index contributed by atoms with van der Waals surface area (Å²) in [7, 11) is 0. The first-order valence-electron chi connectivity index (χ1n) is 5.80. The molecule has 0 spiro atoms. The van der Waals surface area contributed by atoms with Gasteiger partial charge < -0.3 is 10.1 Å². The molecule has 2 rings (SSSR count). The second-order valence-electron chi connectivity index (χ2n) is 5.26. The molecular weight excluding hydrogens is 259 g/mol. The van der Waals surface area contributed by atoms with Crippen LogP contribution in [0.15, 0.2) is 24.3 Å². The summed E-state index contributed by atoms with van der Waals surface area (Å²) in [6.45, 7) is 3.99. The van der Waals surface area contributed by atoms with E-state index in [0.29, 0.717) is 5.56 Å². The summed E-state index contributed by atoms with van der Waals surface area (Å²) in [4.78, 5) is 11.2. The number of alkyl halides is 3. The first kappa shape index (κ1) is 13.7. The lowest BCUT2D eigenvalue weighted by molar-refractivity contribution is -0.137. The Kier molecular flexibility index (Phi) is 3.20. The first-order chi connectivity index (χ1) is 8.70. The van der Waals surface area contributed by atoms with Crippen molar-refractivity contribution in [3.05, 3.63) is 35.4 Å². The Bertz CT molecular complexity index is 480. The highest BCUT2D eigenvalue weighted by Crippen LogP contribution is 2.37. The normalized spacial score (nSPS) is 22.6. The number of alkyl carbamates (subject to hydrolysis) is 1. The number of hydrogen-bond acceptors (Lipinski definition) is 2. The van der Waals surface area contributed by atoms with Gasteiger partial charge in [0.2, 0.25) is 0 Å². The van der Waals surface area contributed by atoms with Gasteiger partial charge in [0, 0.05) is 5.41 Å². The zero-order valence-electron chi connectivity index (χ0n) is 10.5. The Morgan fingerprint density at radius 1 is 1.26 bits per heavy atom. The van der Waals surface area contributed by atoms with Crippen molar-refractivity contribution in [3.63, 3.8) is 0 Å². The standard InChI is InChI=1S/C13H14F3NO2/c1-12(2)7-19-11(18)17-10(12)8-3-5-9(6-4-8)13(14,15)16/h3-6,10H,7H2,1-2H3,(H,17,18)/t10-/m0/s1. The number of ether oxygens (including phenoxy) is 1. The second-order valence-corrected chi connectivity index (χ2v) is 5.26. The SMILES string of the molecule is CC1(C)COC(=O)N[C@H]1c1ccc(C(F)(F)F)cc1. The Morgan fingerprint density at radius 3 is 2.37 bits per heavy atom. The number of halogens is 3. The van der Waals surface area contributed by atoms with E-state index in [0.717, 1.165) is 12.1 Å². The van der Waals surface area contributed by atoms with Crippen LogP contribution >= 0.6 is 0 Å². The Hall–Kier alpha value is -1.72. The molecule has 19 heavy (non-hydrogen) atoms. The van der Waals surface area contributed by atoms with Gasteiger partial charge in [-0.05, 0) is 17.7 Å². The number of cyclic esters (lactones) is 1. The summed E-state index contributed by atoms with van der Waals surface area (Å²) in [5.74, 6) is 0. The van der Waals surface area contributed by atoms with Gasteiger partial charge in [-0.1, -0.05) is 26.0 Å². The smallest absolute Gasteiger partial charge is 0.416 e. The Balaban J connectivity index is 2.28. The van der Waals surface area contributed by atoms with E-state index in [1.807, 2.05) is 13.8 Å². The van der Waals surface area contributed by atoms with Crippen molar-refractivity contribution < 1.29 is 22.7 Å². The van der Waals surface area contributed by atoms with Gasteiger partial charge in [-0.3, -0.25) is 0 Å². The fraction of sp³-hybridized carbons (Fsp3) is 0.462. The van der Waals surface area contributed by atoms with E-state index in [9.17, 15) is 18.0 Å². The van der Waals surface area contributed by atoms with E-state index in [4.69, 9.17) is 4.74 Å². The van der Waals surface area contributed by atoms with Crippen molar-refractivity contribution in [1.29, 1.82) is 0 Å². The average Bonchev–Trinajstić information content (AvgIpc) is 2.31. The molecule has 1 aliphatic rings. The zero-order chi connectivity index (χ0) is 14.3. The molecule has 104 valence electrons. The van der Waals surface area contributed by atoms with E-state index in [2.05, 4.69) is 5.32 Å². The molecule has 1 amide bonds. The third-order valence-electron chi connectivity index (χ3n) is 3.19. The summed E-state index contributed by atoms with van der Waals surface area (Å²) < 4.78 is 42.4. The average molecular weight is 273 g/mol. The topological polar surface area (TPSA) is 38.3 Å². The van der Waals surface area contributed by atoms with Gasteiger partial charge in [0.15, 0.2) is 0 Å². The molecule has 1 heterocycles. The van der Waals surface area contributed by atoms with Crippen LogP contribution in [0, 0.1) is 5.41 Å². The predicted molar refractivity (Wildman–Crippen MR) is 62.4 cm³/mol. The molecule has 1 saturated heterocycles. The molecule has 1 aromatic rings. The molecule has 0 bridgehead atoms. The van der Waals surface area contributed by atoms with Crippen LogP contribution in [0.4, 0.5) is 18.0 Å². The Morgan fingerprint density at radius 2 is 1.84 bits per heavy atom. The predicted octanol–water partition coefficient (Wildman–Crippen LogP) is 3.51. The van der Waals surface area contributed by atoms with Gasteiger partial charge in [0.1, 0.15) is 6.61 Å². The lowest BCUT2D eigenvalue weighted by Crippen LogP contribution is -2.46. The van der Waals surface area contributed by atoms with E-state index < -0.39 is 17.8 Å². The van der Waals surface area contributed by atoms with E-state index in [1.165, 1.54) is 12.1 Å². The van der Waals surface area contributed by atoms with Gasteiger partial charge in [0.05, 0.1) is 11.6 Å². The van der Waals surface area contributed by atoms with E-state index in [-0.39, 0.29) is 18.1 Å². The maximum Gasteiger partial charge on any atom is 0.416 e. The summed E-state index contributed by atoms with van der Waals surface area (Å²) >= 11 is 0. The van der Waals surface area contributed by atoms with Gasteiger partial charge in [-0.25, -0.2) is 4.79 Å². The molecule has 0 radical (unpaired) electrons. The number of rotatable bonds is 1. The molecule has 0 saturated carbocycles. The van der Waals surface area contributed by atoms with Crippen molar-refractivity contribution in [3.8, 4) is 0 Å². The monoisotopic (exact) mass is 273 g/mol. The molecule has 0 unspecified atom stereocenters. The highest BCUT2D eigenvalue weighted by Gasteiger charge is 2.38. The van der Waals surface area contributed by atoms with Crippen molar-refractivity contribution in [1.82, 2.24) is 5.32 Å². The maximum absolute atomic E-state index is 12.5. The van der Waals surface area contributed by atoms with Crippen LogP contribution < -0.4 is 5.32 Å². The number of benzene rings is 1. The van der Waals surface area contributed by atoms with Crippen LogP contribution in [0.25, 0.3) is 0 Å². The minimum Gasteiger partial charge on any atom is -0.449 e. The molecule has 3 nitrogen and oxygen atoms in total. The first-order valence-corrected chi connectivity index (χ1v) is 5.80.